The maximum atomic E-state index is 13.2. The first-order chi connectivity index (χ1) is 14.0. The van der Waals surface area contributed by atoms with E-state index in [1.165, 1.54) is 22.9 Å². The minimum absolute atomic E-state index is 0.0325. The van der Waals surface area contributed by atoms with E-state index < -0.39 is 24.3 Å². The second-order valence-corrected chi connectivity index (χ2v) is 6.41. The van der Waals surface area contributed by atoms with Gasteiger partial charge in [-0.2, -0.15) is 5.10 Å². The van der Waals surface area contributed by atoms with Crippen molar-refractivity contribution in [1.29, 1.82) is 0 Å². The lowest BCUT2D eigenvalue weighted by Crippen LogP contribution is -2.27. The lowest BCUT2D eigenvalue weighted by atomic mass is 10.1. The number of aromatic nitrogens is 2. The molecule has 0 radical (unpaired) electrons. The Balaban J connectivity index is 1.78. The molecule has 1 N–H and O–H groups in total. The Morgan fingerprint density at radius 1 is 1.14 bits per heavy atom. The van der Waals surface area contributed by atoms with Crippen LogP contribution in [0.4, 0.5) is 10.1 Å². The number of hydrogen-bond donors (Lipinski definition) is 1. The minimum atomic E-state index is -0.819. The number of rotatable bonds is 7. The second-order valence-electron chi connectivity index (χ2n) is 6.41. The number of nitrogens with zero attached hydrogens (tertiary/aromatic N) is 2. The molecule has 1 heterocycles. The summed E-state index contributed by atoms with van der Waals surface area (Å²) < 4.78 is 19.5. The predicted molar refractivity (Wildman–Crippen MR) is 106 cm³/mol. The van der Waals surface area contributed by atoms with Gasteiger partial charge in [-0.15, -0.1) is 0 Å². The fraction of sp³-hybridized carbons (Fsp3) is 0.238. The number of benzene rings is 2. The highest BCUT2D eigenvalue weighted by atomic mass is 19.1. The monoisotopic (exact) mass is 397 g/mol. The first-order valence-corrected chi connectivity index (χ1v) is 9.22. The van der Waals surface area contributed by atoms with Crippen LogP contribution >= 0.6 is 0 Å². The van der Waals surface area contributed by atoms with E-state index in [1.807, 2.05) is 6.92 Å². The summed E-state index contributed by atoms with van der Waals surface area (Å²) in [7, 11) is 0. The minimum Gasteiger partial charge on any atom is -0.451 e. The van der Waals surface area contributed by atoms with Crippen molar-refractivity contribution in [3.05, 3.63) is 70.4 Å². The van der Waals surface area contributed by atoms with E-state index in [1.54, 1.807) is 24.3 Å². The zero-order valence-corrected chi connectivity index (χ0v) is 15.9. The number of aryl methyl sites for hydroxylation is 1. The van der Waals surface area contributed by atoms with Gasteiger partial charge in [-0.05, 0) is 30.7 Å². The summed E-state index contributed by atoms with van der Waals surface area (Å²) in [6, 6.07) is 12.0. The van der Waals surface area contributed by atoms with Crippen LogP contribution in [-0.2, 0) is 16.1 Å². The standard InChI is InChI=1S/C21H20FN3O4/c1-2-3-11-25-20(27)17-10-5-4-9-16(17)19(24-25)21(28)29-13-18(26)23-15-8-6-7-14(22)12-15/h4-10,12H,2-3,11,13H2,1H3,(H,23,26). The van der Waals surface area contributed by atoms with Gasteiger partial charge in [0.2, 0.25) is 0 Å². The number of hydrogen-bond acceptors (Lipinski definition) is 5. The molecule has 0 aliphatic carbocycles. The molecule has 3 rings (SSSR count). The van der Waals surface area contributed by atoms with Gasteiger partial charge in [0.25, 0.3) is 11.5 Å². The maximum Gasteiger partial charge on any atom is 0.359 e. The van der Waals surface area contributed by atoms with Crippen molar-refractivity contribution in [2.24, 2.45) is 0 Å². The van der Waals surface area contributed by atoms with Crippen LogP contribution in [0.3, 0.4) is 0 Å². The van der Waals surface area contributed by atoms with Gasteiger partial charge in [0.15, 0.2) is 12.3 Å². The average Bonchev–Trinajstić information content (AvgIpc) is 2.72. The van der Waals surface area contributed by atoms with Crippen molar-refractivity contribution < 1.29 is 18.7 Å². The summed E-state index contributed by atoms with van der Waals surface area (Å²) >= 11 is 0. The third-order valence-corrected chi connectivity index (χ3v) is 4.23. The van der Waals surface area contributed by atoms with Gasteiger partial charge in [-0.1, -0.05) is 37.6 Å². The maximum absolute atomic E-state index is 13.2. The molecule has 0 spiro atoms. The lowest BCUT2D eigenvalue weighted by molar-refractivity contribution is -0.119. The number of fused-ring (bicyclic) bond motifs is 1. The Morgan fingerprint density at radius 2 is 1.90 bits per heavy atom. The van der Waals surface area contributed by atoms with Crippen LogP contribution in [0, 0.1) is 5.82 Å². The zero-order valence-electron chi connectivity index (χ0n) is 15.9. The summed E-state index contributed by atoms with van der Waals surface area (Å²) in [5.74, 6) is -1.93. The fourth-order valence-corrected chi connectivity index (χ4v) is 2.81. The summed E-state index contributed by atoms with van der Waals surface area (Å²) in [5.41, 5.74) is -0.0629. The number of carbonyl (C=O) groups is 2. The summed E-state index contributed by atoms with van der Waals surface area (Å²) in [6.07, 6.45) is 1.59. The summed E-state index contributed by atoms with van der Waals surface area (Å²) in [4.78, 5) is 37.1. The van der Waals surface area contributed by atoms with Crippen molar-refractivity contribution >= 4 is 28.3 Å². The quantitative estimate of drug-likeness (QED) is 0.619. The molecule has 7 nitrogen and oxygen atoms in total. The van der Waals surface area contributed by atoms with Crippen LogP contribution in [0.2, 0.25) is 0 Å². The molecule has 0 saturated carbocycles. The molecule has 8 heteroatoms. The topological polar surface area (TPSA) is 90.3 Å². The van der Waals surface area contributed by atoms with E-state index in [9.17, 15) is 18.8 Å². The number of esters is 1. The van der Waals surface area contributed by atoms with Gasteiger partial charge >= 0.3 is 5.97 Å². The highest BCUT2D eigenvalue weighted by Gasteiger charge is 2.19. The second kappa shape index (κ2) is 9.09. The van der Waals surface area contributed by atoms with Crippen molar-refractivity contribution in [2.45, 2.75) is 26.3 Å². The van der Waals surface area contributed by atoms with Gasteiger partial charge in [0, 0.05) is 17.6 Å². The fourth-order valence-electron chi connectivity index (χ4n) is 2.81. The molecular weight excluding hydrogens is 377 g/mol. The molecule has 0 saturated heterocycles. The van der Waals surface area contributed by atoms with E-state index >= 15 is 0 Å². The molecule has 3 aromatic rings. The molecule has 0 atom stereocenters. The highest BCUT2D eigenvalue weighted by molar-refractivity contribution is 6.03. The Bertz CT molecular complexity index is 1110. The molecule has 29 heavy (non-hydrogen) atoms. The first kappa shape index (κ1) is 20.2. The molecule has 0 aliphatic heterocycles. The number of ether oxygens (including phenoxy) is 1. The molecule has 0 fully saturated rings. The van der Waals surface area contributed by atoms with E-state index in [-0.39, 0.29) is 16.9 Å². The van der Waals surface area contributed by atoms with E-state index in [0.29, 0.717) is 17.3 Å². The van der Waals surface area contributed by atoms with Crippen LogP contribution in [0.15, 0.2) is 53.3 Å². The van der Waals surface area contributed by atoms with Gasteiger partial charge in [-0.3, -0.25) is 9.59 Å². The SMILES string of the molecule is CCCCn1nc(C(=O)OCC(=O)Nc2cccc(F)c2)c2ccccc2c1=O. The number of anilines is 1. The van der Waals surface area contributed by atoms with Crippen molar-refractivity contribution in [1.82, 2.24) is 9.78 Å². The molecular formula is C21H20FN3O4. The Labute approximate surface area is 166 Å². The van der Waals surface area contributed by atoms with Gasteiger partial charge < -0.3 is 10.1 Å². The van der Waals surface area contributed by atoms with E-state index in [4.69, 9.17) is 4.74 Å². The van der Waals surface area contributed by atoms with Crippen molar-refractivity contribution in [2.75, 3.05) is 11.9 Å². The van der Waals surface area contributed by atoms with E-state index in [2.05, 4.69) is 10.4 Å². The average molecular weight is 397 g/mol. The van der Waals surface area contributed by atoms with Gasteiger partial charge in [0.1, 0.15) is 5.82 Å². The number of amides is 1. The van der Waals surface area contributed by atoms with Gasteiger partial charge in [-0.25, -0.2) is 13.9 Å². The third kappa shape index (κ3) is 4.84. The highest BCUT2D eigenvalue weighted by Crippen LogP contribution is 2.15. The van der Waals surface area contributed by atoms with Gasteiger partial charge in [0.05, 0.1) is 5.39 Å². The smallest absolute Gasteiger partial charge is 0.359 e. The van der Waals surface area contributed by atoms with Crippen LogP contribution in [0.25, 0.3) is 10.8 Å². The predicted octanol–water partition coefficient (Wildman–Crippen LogP) is 3.13. The first-order valence-electron chi connectivity index (χ1n) is 9.22. The zero-order chi connectivity index (χ0) is 20.8. The number of nitrogens with one attached hydrogen (secondary N) is 1. The van der Waals surface area contributed by atoms with Crippen molar-refractivity contribution in [3.8, 4) is 0 Å². The largest absolute Gasteiger partial charge is 0.451 e. The van der Waals surface area contributed by atoms with Crippen LogP contribution in [-0.4, -0.2) is 28.3 Å². The molecule has 0 unspecified atom stereocenters. The van der Waals surface area contributed by atoms with Crippen LogP contribution in [0.5, 0.6) is 0 Å². The lowest BCUT2D eigenvalue weighted by Gasteiger charge is -2.11. The van der Waals surface area contributed by atoms with Crippen LogP contribution in [0.1, 0.15) is 30.3 Å². The molecule has 150 valence electrons. The molecule has 0 bridgehead atoms. The Morgan fingerprint density at radius 3 is 2.62 bits per heavy atom. The summed E-state index contributed by atoms with van der Waals surface area (Å²) in [5, 5.41) is 7.32. The Hall–Kier alpha value is -3.55. The number of halogens is 1. The molecule has 1 amide bonds. The third-order valence-electron chi connectivity index (χ3n) is 4.23. The van der Waals surface area contributed by atoms with Crippen molar-refractivity contribution in [3.63, 3.8) is 0 Å². The summed E-state index contributed by atoms with van der Waals surface area (Å²) in [6.45, 7) is 1.79. The number of carbonyl (C=O) groups excluding carboxylic acids is 2. The number of unbranched alkanes of at least 4 members (excludes halogenated alkanes) is 1. The molecule has 0 aliphatic rings. The molecule has 1 aromatic heterocycles. The van der Waals surface area contributed by atoms with E-state index in [0.717, 1.165) is 18.9 Å². The molecule has 2 aromatic carbocycles. The van der Waals surface area contributed by atoms with Crippen LogP contribution < -0.4 is 10.9 Å². The Kier molecular flexibility index (Phi) is 6.33. The normalized spacial score (nSPS) is 10.7.